The van der Waals surface area contributed by atoms with Crippen LogP contribution in [0.4, 0.5) is 14.5 Å². The van der Waals surface area contributed by atoms with Gasteiger partial charge in [-0.05, 0) is 41.8 Å². The molecule has 0 aliphatic heterocycles. The van der Waals surface area contributed by atoms with Gasteiger partial charge < -0.3 is 15.8 Å². The lowest BCUT2D eigenvalue weighted by molar-refractivity contribution is 0.145. The molecule has 0 aliphatic rings. The molecule has 140 valence electrons. The lowest BCUT2D eigenvalue weighted by Gasteiger charge is -2.13. The molecule has 0 bridgehead atoms. The first-order valence-electron chi connectivity index (χ1n) is 8.34. The van der Waals surface area contributed by atoms with Crippen molar-refractivity contribution in [2.45, 2.75) is 13.0 Å². The molecule has 3 N–H and O–H groups in total. The molecule has 0 spiro atoms. The molecule has 4 nitrogen and oxygen atoms in total. The van der Waals surface area contributed by atoms with E-state index >= 15 is 0 Å². The second kappa shape index (κ2) is 9.25. The minimum Gasteiger partial charge on any atom is -0.457 e. The second-order valence-corrected chi connectivity index (χ2v) is 6.65. The van der Waals surface area contributed by atoms with Crippen molar-refractivity contribution in [2.24, 2.45) is 10.7 Å². The number of rotatable bonds is 8. The third-order valence-electron chi connectivity index (χ3n) is 3.65. The molecule has 2 aromatic carbocycles. The quantitative estimate of drug-likeness (QED) is 0.425. The number of amidine groups is 1. The Balaban J connectivity index is 1.85. The zero-order chi connectivity index (χ0) is 19.1. The molecule has 0 saturated heterocycles. The van der Waals surface area contributed by atoms with E-state index < -0.39 is 13.0 Å². The van der Waals surface area contributed by atoms with Gasteiger partial charge in [-0.1, -0.05) is 24.3 Å². The van der Waals surface area contributed by atoms with Crippen LogP contribution in [0.15, 0.2) is 71.0 Å². The highest BCUT2D eigenvalue weighted by Crippen LogP contribution is 2.29. The monoisotopic (exact) mass is 387 g/mol. The van der Waals surface area contributed by atoms with E-state index in [1.165, 1.54) is 11.3 Å². The van der Waals surface area contributed by atoms with Crippen LogP contribution in [0.2, 0.25) is 0 Å². The number of benzene rings is 2. The molecular weight excluding hydrogens is 368 g/mol. The lowest BCUT2D eigenvalue weighted by Crippen LogP contribution is -2.20. The van der Waals surface area contributed by atoms with Crippen molar-refractivity contribution >= 4 is 22.9 Å². The maximum absolute atomic E-state index is 12.5. The van der Waals surface area contributed by atoms with Crippen molar-refractivity contribution in [3.8, 4) is 11.5 Å². The third-order valence-corrected chi connectivity index (χ3v) is 4.54. The molecule has 0 saturated carbocycles. The van der Waals surface area contributed by atoms with Crippen LogP contribution in [-0.4, -0.2) is 18.8 Å². The topological polar surface area (TPSA) is 59.6 Å². The summed E-state index contributed by atoms with van der Waals surface area (Å²) in [5.41, 5.74) is 7.39. The highest BCUT2D eigenvalue weighted by atomic mass is 32.1. The van der Waals surface area contributed by atoms with Crippen LogP contribution in [0.25, 0.3) is 0 Å². The molecule has 0 aliphatic carbocycles. The minimum atomic E-state index is -2.42. The molecule has 0 fully saturated rings. The molecule has 7 heteroatoms. The fraction of sp³-hybridized carbons (Fsp3) is 0.150. The number of ether oxygens (including phenoxy) is 1. The number of para-hydroxylation sites is 1. The Morgan fingerprint density at radius 1 is 1.11 bits per heavy atom. The van der Waals surface area contributed by atoms with Gasteiger partial charge in [-0.3, -0.25) is 0 Å². The Morgan fingerprint density at radius 2 is 1.93 bits per heavy atom. The van der Waals surface area contributed by atoms with E-state index in [4.69, 9.17) is 10.5 Å². The molecular formula is C20H19F2N3OS. The Bertz CT molecular complexity index is 884. The van der Waals surface area contributed by atoms with Crippen molar-refractivity contribution in [3.05, 3.63) is 76.5 Å². The fourth-order valence-electron chi connectivity index (χ4n) is 2.42. The van der Waals surface area contributed by atoms with Crippen molar-refractivity contribution in [3.63, 3.8) is 0 Å². The molecule has 0 atom stereocenters. The van der Waals surface area contributed by atoms with Crippen molar-refractivity contribution < 1.29 is 13.5 Å². The molecule has 27 heavy (non-hydrogen) atoms. The number of nitrogens with two attached hydrogens (primary N) is 1. The zero-order valence-electron chi connectivity index (χ0n) is 14.4. The largest absolute Gasteiger partial charge is 0.457 e. The van der Waals surface area contributed by atoms with E-state index in [9.17, 15) is 8.78 Å². The standard InChI is InChI=1S/C20H19F2N3OS/c21-19(22)13-24-12-14-11-15(25-20(23)18-7-4-10-27-18)8-9-17(14)26-16-5-2-1-3-6-16/h1-11,19,24H,12-13H2,(H2,23,25). The predicted octanol–water partition coefficient (Wildman–Crippen LogP) is 4.93. The number of aliphatic imine (C=N–C) groups is 1. The van der Waals surface area contributed by atoms with Crippen LogP contribution in [0.5, 0.6) is 11.5 Å². The molecule has 0 unspecified atom stereocenters. The SMILES string of the molecule is NC(=Nc1ccc(Oc2ccccc2)c(CNCC(F)F)c1)c1cccs1. The van der Waals surface area contributed by atoms with Gasteiger partial charge in [0.25, 0.3) is 6.43 Å². The summed E-state index contributed by atoms with van der Waals surface area (Å²) in [6.45, 7) is -0.162. The molecule has 3 aromatic rings. The highest BCUT2D eigenvalue weighted by molar-refractivity contribution is 7.12. The summed E-state index contributed by atoms with van der Waals surface area (Å²) in [6.07, 6.45) is -2.42. The Morgan fingerprint density at radius 3 is 2.63 bits per heavy atom. The van der Waals surface area contributed by atoms with Crippen molar-refractivity contribution in [1.29, 1.82) is 0 Å². The van der Waals surface area contributed by atoms with E-state index in [0.29, 0.717) is 23.0 Å². The van der Waals surface area contributed by atoms with Gasteiger partial charge in [-0.15, -0.1) is 11.3 Å². The third kappa shape index (κ3) is 5.60. The number of nitrogens with one attached hydrogen (secondary N) is 1. The average molecular weight is 387 g/mol. The van der Waals surface area contributed by atoms with E-state index in [1.54, 1.807) is 18.2 Å². The summed E-state index contributed by atoms with van der Waals surface area (Å²) in [7, 11) is 0. The van der Waals surface area contributed by atoms with Crippen molar-refractivity contribution in [1.82, 2.24) is 5.32 Å². The van der Waals surface area contributed by atoms with Crippen LogP contribution in [0.1, 0.15) is 10.4 Å². The van der Waals surface area contributed by atoms with Gasteiger partial charge in [0.15, 0.2) is 0 Å². The van der Waals surface area contributed by atoms with Crippen LogP contribution >= 0.6 is 11.3 Å². The maximum Gasteiger partial charge on any atom is 0.250 e. The summed E-state index contributed by atoms with van der Waals surface area (Å²) in [5.74, 6) is 1.66. The van der Waals surface area contributed by atoms with Gasteiger partial charge in [0.2, 0.25) is 0 Å². The van der Waals surface area contributed by atoms with Gasteiger partial charge in [-0.2, -0.15) is 0 Å². The number of hydrogen-bond acceptors (Lipinski definition) is 4. The summed E-state index contributed by atoms with van der Waals surface area (Å²) in [5, 5.41) is 4.65. The van der Waals surface area contributed by atoms with E-state index in [1.807, 2.05) is 47.8 Å². The number of nitrogens with zero attached hydrogens (tertiary/aromatic N) is 1. The normalized spacial score (nSPS) is 11.7. The number of hydrogen-bond donors (Lipinski definition) is 2. The number of halogens is 2. The van der Waals surface area contributed by atoms with Gasteiger partial charge in [-0.25, -0.2) is 13.8 Å². The summed E-state index contributed by atoms with van der Waals surface area (Å²) in [4.78, 5) is 5.30. The Kier molecular flexibility index (Phi) is 6.51. The van der Waals surface area contributed by atoms with Gasteiger partial charge in [0.05, 0.1) is 17.1 Å². The van der Waals surface area contributed by atoms with E-state index in [-0.39, 0.29) is 6.54 Å². The van der Waals surface area contributed by atoms with Crippen LogP contribution in [0.3, 0.4) is 0 Å². The number of alkyl halides is 2. The minimum absolute atomic E-state index is 0.231. The number of thiophene rings is 1. The summed E-state index contributed by atoms with van der Waals surface area (Å²) in [6, 6.07) is 18.4. The van der Waals surface area contributed by atoms with Crippen LogP contribution in [-0.2, 0) is 6.54 Å². The average Bonchev–Trinajstić information content (AvgIpc) is 3.19. The molecule has 0 amide bonds. The molecule has 3 rings (SSSR count). The van der Waals surface area contributed by atoms with E-state index in [2.05, 4.69) is 10.3 Å². The smallest absolute Gasteiger partial charge is 0.250 e. The van der Waals surface area contributed by atoms with Crippen LogP contribution < -0.4 is 15.8 Å². The molecule has 0 radical (unpaired) electrons. The lowest BCUT2D eigenvalue weighted by atomic mass is 10.1. The zero-order valence-corrected chi connectivity index (χ0v) is 15.3. The van der Waals surface area contributed by atoms with Gasteiger partial charge in [0, 0.05) is 12.1 Å². The second-order valence-electron chi connectivity index (χ2n) is 5.70. The Labute approximate surface area is 160 Å². The van der Waals surface area contributed by atoms with Crippen molar-refractivity contribution in [2.75, 3.05) is 6.54 Å². The van der Waals surface area contributed by atoms with Crippen LogP contribution in [0, 0.1) is 0 Å². The first kappa shape index (κ1) is 19.0. The highest BCUT2D eigenvalue weighted by Gasteiger charge is 2.09. The fourth-order valence-corrected chi connectivity index (χ4v) is 3.05. The maximum atomic E-state index is 12.5. The molecule has 1 heterocycles. The first-order chi connectivity index (χ1) is 13.1. The van der Waals surface area contributed by atoms with Gasteiger partial charge >= 0.3 is 0 Å². The predicted molar refractivity (Wildman–Crippen MR) is 105 cm³/mol. The van der Waals surface area contributed by atoms with E-state index in [0.717, 1.165) is 10.4 Å². The summed E-state index contributed by atoms with van der Waals surface area (Å²) >= 11 is 1.50. The summed E-state index contributed by atoms with van der Waals surface area (Å²) < 4.78 is 30.8. The van der Waals surface area contributed by atoms with Gasteiger partial charge in [0.1, 0.15) is 17.3 Å². The first-order valence-corrected chi connectivity index (χ1v) is 9.22. The Hall–Kier alpha value is -2.77. The molecule has 1 aromatic heterocycles.